The first kappa shape index (κ1) is 21.2. The van der Waals surface area contributed by atoms with Crippen molar-refractivity contribution in [2.24, 2.45) is 5.92 Å². The molecule has 0 aliphatic carbocycles. The third-order valence-corrected chi connectivity index (χ3v) is 7.03. The lowest BCUT2D eigenvalue weighted by Gasteiger charge is -2.36. The molecule has 2 N–H and O–H groups in total. The highest BCUT2D eigenvalue weighted by atomic mass is 32.1. The summed E-state index contributed by atoms with van der Waals surface area (Å²) in [6, 6.07) is 8.40. The minimum atomic E-state index is -0.167. The van der Waals surface area contributed by atoms with Crippen LogP contribution in [0, 0.1) is 5.92 Å². The van der Waals surface area contributed by atoms with Crippen LogP contribution in [-0.2, 0) is 4.74 Å². The predicted octanol–water partition coefficient (Wildman–Crippen LogP) is 3.33. The molecule has 0 bridgehead atoms. The Morgan fingerprint density at radius 1 is 1.20 bits per heavy atom. The summed E-state index contributed by atoms with van der Waals surface area (Å²) in [5, 5.41) is 17.0. The smallest absolute Gasteiger partial charge is 0.272 e. The average molecular weight is 430 g/mol. The van der Waals surface area contributed by atoms with Crippen LogP contribution < -0.4 is 10.6 Å². The number of nitrogens with zero attached hydrogens (tertiary/aromatic N) is 3. The second-order valence-electron chi connectivity index (χ2n) is 8.29. The van der Waals surface area contributed by atoms with Crippen molar-refractivity contribution in [2.45, 2.75) is 44.7 Å². The Balaban J connectivity index is 1.34. The van der Waals surface area contributed by atoms with Gasteiger partial charge in [0.25, 0.3) is 5.91 Å². The van der Waals surface area contributed by atoms with Gasteiger partial charge >= 0.3 is 0 Å². The highest BCUT2D eigenvalue weighted by Gasteiger charge is 2.25. The van der Waals surface area contributed by atoms with Gasteiger partial charge in [-0.05, 0) is 68.3 Å². The van der Waals surface area contributed by atoms with E-state index in [-0.39, 0.29) is 11.9 Å². The van der Waals surface area contributed by atoms with E-state index in [9.17, 15) is 4.79 Å². The molecule has 2 aliphatic rings. The Morgan fingerprint density at radius 2 is 2.00 bits per heavy atom. The summed E-state index contributed by atoms with van der Waals surface area (Å²) in [5.74, 6) is 1.34. The maximum atomic E-state index is 12.4. The summed E-state index contributed by atoms with van der Waals surface area (Å²) in [4.78, 5) is 16.3. The van der Waals surface area contributed by atoms with Gasteiger partial charge in [0.1, 0.15) is 5.82 Å². The second kappa shape index (κ2) is 10.3. The lowest BCUT2D eigenvalue weighted by Crippen LogP contribution is -2.39. The minimum Gasteiger partial charge on any atom is -0.381 e. The van der Waals surface area contributed by atoms with E-state index in [1.165, 1.54) is 17.7 Å². The van der Waals surface area contributed by atoms with Gasteiger partial charge in [-0.2, -0.15) is 0 Å². The van der Waals surface area contributed by atoms with E-state index in [1.807, 2.05) is 6.07 Å². The van der Waals surface area contributed by atoms with Gasteiger partial charge in [-0.3, -0.25) is 9.69 Å². The summed E-state index contributed by atoms with van der Waals surface area (Å²) < 4.78 is 5.33. The molecule has 0 aromatic carbocycles. The Morgan fingerprint density at radius 3 is 2.67 bits per heavy atom. The maximum Gasteiger partial charge on any atom is 0.272 e. The Labute approximate surface area is 182 Å². The van der Waals surface area contributed by atoms with Gasteiger partial charge in [0.2, 0.25) is 0 Å². The van der Waals surface area contributed by atoms with Crippen molar-refractivity contribution in [1.82, 2.24) is 20.4 Å². The van der Waals surface area contributed by atoms with Crippen LogP contribution in [0.1, 0.15) is 54.0 Å². The van der Waals surface area contributed by atoms with E-state index in [4.69, 9.17) is 4.74 Å². The van der Waals surface area contributed by atoms with Crippen LogP contribution in [0.15, 0.2) is 29.6 Å². The van der Waals surface area contributed by atoms with Gasteiger partial charge in [-0.1, -0.05) is 13.0 Å². The average Bonchev–Trinajstić information content (AvgIpc) is 3.31. The third-order valence-electron chi connectivity index (χ3n) is 6.06. The molecule has 4 heterocycles. The fourth-order valence-electron chi connectivity index (χ4n) is 4.08. The molecular weight excluding hydrogens is 398 g/mol. The van der Waals surface area contributed by atoms with E-state index < -0.39 is 0 Å². The predicted molar refractivity (Wildman–Crippen MR) is 119 cm³/mol. The third kappa shape index (κ3) is 5.56. The first-order valence-corrected chi connectivity index (χ1v) is 11.8. The Bertz CT molecular complexity index is 784. The molecule has 1 unspecified atom stereocenters. The summed E-state index contributed by atoms with van der Waals surface area (Å²) in [7, 11) is 0. The molecule has 162 valence electrons. The molecule has 2 saturated heterocycles. The van der Waals surface area contributed by atoms with Crippen molar-refractivity contribution in [3.05, 3.63) is 40.2 Å². The van der Waals surface area contributed by atoms with Crippen LogP contribution in [-0.4, -0.2) is 59.9 Å². The zero-order valence-electron chi connectivity index (χ0n) is 17.5. The number of nitrogens with one attached hydrogen (secondary N) is 2. The lowest BCUT2D eigenvalue weighted by atomic mass is 9.97. The van der Waals surface area contributed by atoms with Crippen molar-refractivity contribution >= 4 is 23.1 Å². The molecule has 2 fully saturated rings. The summed E-state index contributed by atoms with van der Waals surface area (Å²) in [6.45, 7) is 6.76. The molecule has 8 heteroatoms. The zero-order chi connectivity index (χ0) is 20.8. The maximum absolute atomic E-state index is 12.4. The Kier molecular flexibility index (Phi) is 7.30. The molecule has 2 aromatic heterocycles. The number of thiophene rings is 1. The van der Waals surface area contributed by atoms with Gasteiger partial charge in [0.15, 0.2) is 5.69 Å². The fraction of sp³-hybridized carbons (Fsp3) is 0.591. The van der Waals surface area contributed by atoms with Gasteiger partial charge in [0.05, 0.1) is 6.04 Å². The van der Waals surface area contributed by atoms with E-state index in [2.05, 4.69) is 50.2 Å². The van der Waals surface area contributed by atoms with Crippen molar-refractivity contribution in [3.8, 4) is 0 Å². The normalized spacial score (nSPS) is 20.0. The molecule has 0 saturated carbocycles. The van der Waals surface area contributed by atoms with Crippen LogP contribution in [0.4, 0.5) is 5.82 Å². The fourth-order valence-corrected chi connectivity index (χ4v) is 4.94. The molecule has 2 aliphatic heterocycles. The number of aromatic nitrogens is 2. The van der Waals surface area contributed by atoms with Gasteiger partial charge in [-0.15, -0.1) is 21.5 Å². The molecular formula is C22H31N5O2S. The van der Waals surface area contributed by atoms with Crippen molar-refractivity contribution in [3.63, 3.8) is 0 Å². The topological polar surface area (TPSA) is 79.4 Å². The molecule has 0 radical (unpaired) electrons. The monoisotopic (exact) mass is 429 g/mol. The van der Waals surface area contributed by atoms with Crippen molar-refractivity contribution in [1.29, 1.82) is 0 Å². The zero-order valence-corrected chi connectivity index (χ0v) is 18.4. The van der Waals surface area contributed by atoms with Gasteiger partial charge in [-0.25, -0.2) is 0 Å². The number of hydrogen-bond acceptors (Lipinski definition) is 7. The molecule has 1 atom stereocenters. The summed E-state index contributed by atoms with van der Waals surface area (Å²) in [5.41, 5.74) is 0.354. The van der Waals surface area contributed by atoms with Crippen LogP contribution in [0.2, 0.25) is 0 Å². The van der Waals surface area contributed by atoms with Crippen LogP contribution >= 0.6 is 11.3 Å². The van der Waals surface area contributed by atoms with Crippen LogP contribution in [0.3, 0.4) is 0 Å². The molecule has 0 spiro atoms. The molecule has 2 aromatic rings. The summed E-state index contributed by atoms with van der Waals surface area (Å²) in [6.07, 6.45) is 4.19. The first-order chi connectivity index (χ1) is 14.7. The van der Waals surface area contributed by atoms with Gasteiger partial charge < -0.3 is 15.4 Å². The van der Waals surface area contributed by atoms with Crippen molar-refractivity contribution in [2.75, 3.05) is 38.2 Å². The number of anilines is 1. The summed E-state index contributed by atoms with van der Waals surface area (Å²) >= 11 is 1.80. The number of rotatable bonds is 7. The number of piperidine rings is 1. The number of ether oxygens (including phenoxy) is 1. The number of carbonyl (C=O) groups excluding carboxylic acids is 1. The van der Waals surface area contributed by atoms with E-state index >= 15 is 0 Å². The number of carbonyl (C=O) groups is 1. The largest absolute Gasteiger partial charge is 0.381 e. The second-order valence-corrected chi connectivity index (χ2v) is 9.27. The van der Waals surface area contributed by atoms with Crippen LogP contribution in [0.5, 0.6) is 0 Å². The van der Waals surface area contributed by atoms with E-state index in [0.717, 1.165) is 38.4 Å². The lowest BCUT2D eigenvalue weighted by molar-refractivity contribution is 0.0693. The Hall–Kier alpha value is -2.03. The minimum absolute atomic E-state index is 0.157. The standard InChI is InChI=1S/C22H31N5O2S/c1-16-6-10-27(11-7-16)19(20-3-2-14-30-20)15-23-21-5-4-18(25-26-21)22(28)24-17-8-12-29-13-9-17/h2-5,14,16-17,19H,6-13,15H2,1H3,(H,23,26)(H,24,28). The highest BCUT2D eigenvalue weighted by Crippen LogP contribution is 2.29. The first-order valence-electron chi connectivity index (χ1n) is 10.9. The number of hydrogen-bond donors (Lipinski definition) is 2. The van der Waals surface area contributed by atoms with Crippen LogP contribution in [0.25, 0.3) is 0 Å². The van der Waals surface area contributed by atoms with Crippen molar-refractivity contribution < 1.29 is 9.53 Å². The van der Waals surface area contributed by atoms with E-state index in [1.54, 1.807) is 17.4 Å². The molecule has 4 rings (SSSR count). The van der Waals surface area contributed by atoms with Gasteiger partial charge in [0, 0.05) is 30.7 Å². The number of likely N-dealkylation sites (tertiary alicyclic amines) is 1. The number of amides is 1. The quantitative estimate of drug-likeness (QED) is 0.703. The molecule has 30 heavy (non-hydrogen) atoms. The SMILES string of the molecule is CC1CCN(C(CNc2ccc(C(=O)NC3CCOCC3)nn2)c2cccs2)CC1. The highest BCUT2D eigenvalue weighted by molar-refractivity contribution is 7.10. The molecule has 7 nitrogen and oxygen atoms in total. The molecule has 1 amide bonds. The van der Waals surface area contributed by atoms with E-state index in [0.29, 0.717) is 30.8 Å².